The maximum absolute atomic E-state index is 10.4. The molecule has 0 aliphatic heterocycles. The molecule has 0 aromatic heterocycles. The zero-order valence-corrected chi connectivity index (χ0v) is 7.75. The van der Waals surface area contributed by atoms with Gasteiger partial charge in [-0.15, -0.1) is 0 Å². The number of nitrogens with one attached hydrogen (secondary N) is 1. The third kappa shape index (κ3) is 1.67. The Balaban J connectivity index is 2.20. The number of carbonyl (C=O) groups excluding carboxylic acids is 1. The standard InChI is InChI=1S/C11H15NO/c13-8-12-11-7-3-5-9-4-1-2-6-10(9)11/h1,4,8,11H,2-3,5-7H2,(H,12,13)/t11-/m1/s1. The van der Waals surface area contributed by atoms with Crippen LogP contribution in [0.25, 0.3) is 0 Å². The molecule has 2 aliphatic rings. The van der Waals surface area contributed by atoms with Crippen molar-refractivity contribution in [2.24, 2.45) is 0 Å². The predicted octanol–water partition coefficient (Wildman–Crippen LogP) is 1.93. The minimum Gasteiger partial charge on any atom is -0.352 e. The van der Waals surface area contributed by atoms with E-state index in [1.54, 1.807) is 0 Å². The van der Waals surface area contributed by atoms with Crippen LogP contribution in [0, 0.1) is 0 Å². The highest BCUT2D eigenvalue weighted by molar-refractivity contribution is 5.49. The van der Waals surface area contributed by atoms with Gasteiger partial charge in [0.05, 0.1) is 6.04 Å². The summed E-state index contributed by atoms with van der Waals surface area (Å²) < 4.78 is 0. The van der Waals surface area contributed by atoms with E-state index in [0.29, 0.717) is 6.04 Å². The molecule has 2 heteroatoms. The summed E-state index contributed by atoms with van der Waals surface area (Å²) >= 11 is 0. The van der Waals surface area contributed by atoms with Crippen LogP contribution >= 0.6 is 0 Å². The average Bonchev–Trinajstić information content (AvgIpc) is 2.19. The van der Waals surface area contributed by atoms with Gasteiger partial charge in [0.15, 0.2) is 0 Å². The summed E-state index contributed by atoms with van der Waals surface area (Å²) in [4.78, 5) is 10.4. The van der Waals surface area contributed by atoms with Crippen LogP contribution in [0.4, 0.5) is 0 Å². The van der Waals surface area contributed by atoms with Gasteiger partial charge in [-0.25, -0.2) is 0 Å². The van der Waals surface area contributed by atoms with E-state index in [2.05, 4.69) is 17.5 Å². The van der Waals surface area contributed by atoms with Gasteiger partial charge in [0.1, 0.15) is 0 Å². The minimum absolute atomic E-state index is 0.325. The first-order valence-electron chi connectivity index (χ1n) is 5.00. The Morgan fingerprint density at radius 1 is 1.46 bits per heavy atom. The first-order chi connectivity index (χ1) is 6.42. The Kier molecular flexibility index (Phi) is 2.48. The lowest BCUT2D eigenvalue weighted by Gasteiger charge is -2.29. The van der Waals surface area contributed by atoms with Gasteiger partial charge < -0.3 is 5.32 Å². The lowest BCUT2D eigenvalue weighted by Crippen LogP contribution is -2.33. The highest BCUT2D eigenvalue weighted by Crippen LogP contribution is 2.31. The smallest absolute Gasteiger partial charge is 0.207 e. The van der Waals surface area contributed by atoms with Crippen LogP contribution in [-0.4, -0.2) is 12.5 Å². The molecule has 0 bridgehead atoms. The number of rotatable bonds is 2. The first kappa shape index (κ1) is 8.54. The molecule has 0 spiro atoms. The molecule has 0 aromatic carbocycles. The Morgan fingerprint density at radius 3 is 3.23 bits per heavy atom. The zero-order chi connectivity index (χ0) is 9.10. The fraction of sp³-hybridized carbons (Fsp3) is 0.545. The largest absolute Gasteiger partial charge is 0.352 e. The van der Waals surface area contributed by atoms with Gasteiger partial charge in [-0.2, -0.15) is 0 Å². The van der Waals surface area contributed by atoms with Crippen LogP contribution < -0.4 is 5.32 Å². The summed E-state index contributed by atoms with van der Waals surface area (Å²) in [6.07, 6.45) is 11.1. The number of carbonyl (C=O) groups is 1. The van der Waals surface area contributed by atoms with Crippen molar-refractivity contribution in [3.05, 3.63) is 23.3 Å². The van der Waals surface area contributed by atoms with Crippen molar-refractivity contribution >= 4 is 6.41 Å². The van der Waals surface area contributed by atoms with Crippen LogP contribution in [0.15, 0.2) is 23.3 Å². The second kappa shape index (κ2) is 3.77. The molecule has 0 radical (unpaired) electrons. The quantitative estimate of drug-likeness (QED) is 0.641. The Morgan fingerprint density at radius 2 is 2.38 bits per heavy atom. The maximum Gasteiger partial charge on any atom is 0.207 e. The van der Waals surface area contributed by atoms with Crippen molar-refractivity contribution in [1.82, 2.24) is 5.32 Å². The minimum atomic E-state index is 0.325. The molecule has 0 saturated carbocycles. The summed E-state index contributed by atoms with van der Waals surface area (Å²) in [6.45, 7) is 0. The fourth-order valence-electron chi connectivity index (χ4n) is 2.31. The Hall–Kier alpha value is -1.05. The zero-order valence-electron chi connectivity index (χ0n) is 7.75. The highest BCUT2D eigenvalue weighted by atomic mass is 16.1. The van der Waals surface area contributed by atoms with Gasteiger partial charge in [-0.05, 0) is 43.3 Å². The molecule has 0 unspecified atom stereocenters. The second-order valence-corrected chi connectivity index (χ2v) is 3.72. The highest BCUT2D eigenvalue weighted by Gasteiger charge is 2.21. The maximum atomic E-state index is 10.4. The van der Waals surface area contributed by atoms with Crippen LogP contribution in [0.1, 0.15) is 32.1 Å². The lowest BCUT2D eigenvalue weighted by atomic mass is 9.82. The van der Waals surface area contributed by atoms with Crippen molar-refractivity contribution in [2.75, 3.05) is 0 Å². The summed E-state index contributed by atoms with van der Waals surface area (Å²) in [7, 11) is 0. The third-order valence-corrected chi connectivity index (χ3v) is 2.94. The van der Waals surface area contributed by atoms with E-state index in [4.69, 9.17) is 0 Å². The summed E-state index contributed by atoms with van der Waals surface area (Å²) in [5.41, 5.74) is 2.94. The van der Waals surface area contributed by atoms with E-state index in [0.717, 1.165) is 25.7 Å². The van der Waals surface area contributed by atoms with Crippen LogP contribution in [0.5, 0.6) is 0 Å². The number of amides is 1. The molecule has 0 saturated heterocycles. The van der Waals surface area contributed by atoms with Gasteiger partial charge in [-0.3, -0.25) is 4.79 Å². The van der Waals surface area contributed by atoms with E-state index >= 15 is 0 Å². The fourth-order valence-corrected chi connectivity index (χ4v) is 2.31. The summed E-state index contributed by atoms with van der Waals surface area (Å²) in [5.74, 6) is 0. The molecule has 13 heavy (non-hydrogen) atoms. The van der Waals surface area contributed by atoms with E-state index in [9.17, 15) is 4.79 Å². The Bertz CT molecular complexity index is 265. The van der Waals surface area contributed by atoms with Crippen LogP contribution in [-0.2, 0) is 4.79 Å². The van der Waals surface area contributed by atoms with Gasteiger partial charge in [0, 0.05) is 0 Å². The molecular weight excluding hydrogens is 162 g/mol. The summed E-state index contributed by atoms with van der Waals surface area (Å²) in [6, 6.07) is 0.325. The number of hydrogen-bond acceptors (Lipinski definition) is 1. The average molecular weight is 177 g/mol. The second-order valence-electron chi connectivity index (χ2n) is 3.72. The lowest BCUT2D eigenvalue weighted by molar-refractivity contribution is -0.110. The molecule has 1 N–H and O–H groups in total. The number of hydrogen-bond donors (Lipinski definition) is 1. The van der Waals surface area contributed by atoms with E-state index in [1.165, 1.54) is 24.0 Å². The number of allylic oxidation sites excluding steroid dienone is 3. The van der Waals surface area contributed by atoms with Gasteiger partial charge >= 0.3 is 0 Å². The molecule has 0 fully saturated rings. The summed E-state index contributed by atoms with van der Waals surface area (Å²) in [5, 5.41) is 2.91. The van der Waals surface area contributed by atoms with Crippen LogP contribution in [0.2, 0.25) is 0 Å². The van der Waals surface area contributed by atoms with Crippen molar-refractivity contribution in [1.29, 1.82) is 0 Å². The molecule has 0 aromatic rings. The molecule has 2 nitrogen and oxygen atoms in total. The molecule has 2 rings (SSSR count). The van der Waals surface area contributed by atoms with E-state index in [-0.39, 0.29) is 0 Å². The van der Waals surface area contributed by atoms with E-state index < -0.39 is 0 Å². The first-order valence-corrected chi connectivity index (χ1v) is 5.00. The van der Waals surface area contributed by atoms with Crippen molar-refractivity contribution in [3.63, 3.8) is 0 Å². The van der Waals surface area contributed by atoms with Crippen molar-refractivity contribution in [2.45, 2.75) is 38.1 Å². The Labute approximate surface area is 78.7 Å². The third-order valence-electron chi connectivity index (χ3n) is 2.94. The molecule has 1 atom stereocenters. The van der Waals surface area contributed by atoms with E-state index in [1.807, 2.05) is 0 Å². The van der Waals surface area contributed by atoms with Crippen LogP contribution in [0.3, 0.4) is 0 Å². The monoisotopic (exact) mass is 177 g/mol. The topological polar surface area (TPSA) is 29.1 Å². The molecule has 0 heterocycles. The SMILES string of the molecule is O=CN[C@@H]1CCCC2=C1CCC=C2. The normalized spacial score (nSPS) is 26.9. The molecular formula is C11H15NO. The van der Waals surface area contributed by atoms with Crippen molar-refractivity contribution in [3.8, 4) is 0 Å². The predicted molar refractivity (Wildman–Crippen MR) is 52.2 cm³/mol. The van der Waals surface area contributed by atoms with Gasteiger partial charge in [-0.1, -0.05) is 12.2 Å². The molecule has 2 aliphatic carbocycles. The molecule has 1 amide bonds. The van der Waals surface area contributed by atoms with Gasteiger partial charge in [0.2, 0.25) is 6.41 Å². The molecule has 70 valence electrons. The van der Waals surface area contributed by atoms with Gasteiger partial charge in [0.25, 0.3) is 0 Å². The van der Waals surface area contributed by atoms with Crippen molar-refractivity contribution < 1.29 is 4.79 Å².